The molecule has 4 fully saturated rings. The minimum absolute atomic E-state index is 0.0394. The molecular formula is C21H32O5. The Morgan fingerprint density at radius 2 is 2.00 bits per heavy atom. The van der Waals surface area contributed by atoms with Crippen molar-refractivity contribution in [2.75, 3.05) is 6.61 Å². The molecule has 5 aliphatic rings. The van der Waals surface area contributed by atoms with Gasteiger partial charge in [-0.05, 0) is 61.2 Å². The molecule has 0 bridgehead atoms. The molecule has 3 N–H and O–H groups in total. The van der Waals surface area contributed by atoms with Gasteiger partial charge in [-0.15, -0.1) is 0 Å². The minimum Gasteiger partial charge on any atom is -0.481 e. The lowest BCUT2D eigenvalue weighted by Gasteiger charge is -2.56. The first kappa shape index (κ1) is 18.5. The first-order chi connectivity index (χ1) is 12.3. The van der Waals surface area contributed by atoms with Gasteiger partial charge in [0.2, 0.25) is 0 Å². The molecule has 0 radical (unpaired) electrons. The lowest BCUT2D eigenvalue weighted by atomic mass is 9.51. The van der Waals surface area contributed by atoms with Gasteiger partial charge in [-0.3, -0.25) is 4.79 Å². The van der Waals surface area contributed by atoms with E-state index in [0.717, 1.165) is 11.8 Å². The number of rotatable bonds is 1. The van der Waals surface area contributed by atoms with E-state index < -0.39 is 12.3 Å². The quantitative estimate of drug-likeness (QED) is 0.623. The minimum atomic E-state index is -0.745. The summed E-state index contributed by atoms with van der Waals surface area (Å²) in [7, 11) is 0. The van der Waals surface area contributed by atoms with Crippen molar-refractivity contribution < 1.29 is 24.9 Å². The second-order valence-corrected chi connectivity index (χ2v) is 9.36. The molecule has 1 aliphatic heterocycles. The molecule has 4 aliphatic carbocycles. The maximum Gasteiger partial charge on any atom is 0.303 e. The summed E-state index contributed by atoms with van der Waals surface area (Å²) in [5.41, 5.74) is 1.90. The lowest BCUT2D eigenvalue weighted by molar-refractivity contribution is -0.171. The van der Waals surface area contributed by atoms with Crippen molar-refractivity contribution in [2.24, 2.45) is 34.5 Å². The number of aliphatic hydroxyl groups is 2. The number of carboxylic acid groups (broad SMARTS) is 1. The van der Waals surface area contributed by atoms with Gasteiger partial charge in [0.25, 0.3) is 0 Å². The van der Waals surface area contributed by atoms with Crippen LogP contribution in [-0.4, -0.2) is 40.3 Å². The fourth-order valence-corrected chi connectivity index (χ4v) is 6.86. The third kappa shape index (κ3) is 2.66. The standard InChI is InChI=1S/C18H26O3.C3H6O2/c1-17-9-21-15(20)7-11(17)6-14(19)16-12(17)4-5-18-8-10(18)2-3-13(16)18;1-2-3(4)5/h6,10,12-16,19-20H,2-5,7-9H2,1H3;2H2,1H3,(H,4,5)/t10?,12?,13?,14-,15-,16?,17-,18-;/m0./s1. The van der Waals surface area contributed by atoms with E-state index in [1.165, 1.54) is 37.7 Å². The molecule has 0 aromatic carbocycles. The van der Waals surface area contributed by atoms with Crippen LogP contribution in [0.4, 0.5) is 0 Å². The summed E-state index contributed by atoms with van der Waals surface area (Å²) in [5, 5.41) is 28.3. The summed E-state index contributed by atoms with van der Waals surface area (Å²) in [6.45, 7) is 4.53. The molecular weight excluding hydrogens is 332 g/mol. The fourth-order valence-electron chi connectivity index (χ4n) is 6.86. The predicted octanol–water partition coefficient (Wildman–Crippen LogP) is 2.96. The highest BCUT2D eigenvalue weighted by Crippen LogP contribution is 2.75. The van der Waals surface area contributed by atoms with E-state index in [9.17, 15) is 15.0 Å². The predicted molar refractivity (Wildman–Crippen MR) is 96.2 cm³/mol. The highest BCUT2D eigenvalue weighted by atomic mass is 16.6. The number of carboxylic acids is 1. The van der Waals surface area contributed by atoms with Crippen molar-refractivity contribution in [2.45, 2.75) is 71.2 Å². The van der Waals surface area contributed by atoms with Crippen molar-refractivity contribution in [3.63, 3.8) is 0 Å². The summed E-state index contributed by atoms with van der Waals surface area (Å²) in [6, 6.07) is 0. The number of hydrogen-bond acceptors (Lipinski definition) is 4. The average molecular weight is 364 g/mol. The summed E-state index contributed by atoms with van der Waals surface area (Å²) >= 11 is 0. The van der Waals surface area contributed by atoms with Gasteiger partial charge in [0, 0.05) is 18.3 Å². The first-order valence-corrected chi connectivity index (χ1v) is 10.2. The SMILES string of the molecule is CCC(=O)O.C[C@]12CO[C@H](O)CC1=C[C@H](O)C1C3CCC4C[C@@]43CCC12. The van der Waals surface area contributed by atoms with E-state index >= 15 is 0 Å². The van der Waals surface area contributed by atoms with Gasteiger partial charge in [0.15, 0.2) is 6.29 Å². The van der Waals surface area contributed by atoms with Gasteiger partial charge in [-0.2, -0.15) is 0 Å². The molecule has 1 spiro atoms. The Labute approximate surface area is 155 Å². The Morgan fingerprint density at radius 3 is 2.65 bits per heavy atom. The van der Waals surface area contributed by atoms with Gasteiger partial charge in [0.05, 0.1) is 12.7 Å². The molecule has 0 amide bonds. The third-order valence-corrected chi connectivity index (χ3v) is 8.28. The number of ether oxygens (including phenoxy) is 1. The highest BCUT2D eigenvalue weighted by Gasteiger charge is 2.69. The number of fused-ring (bicyclic) bond motifs is 4. The van der Waals surface area contributed by atoms with E-state index in [1.807, 2.05) is 0 Å². The van der Waals surface area contributed by atoms with Gasteiger partial charge in [-0.25, -0.2) is 0 Å². The normalized spacial score (nSPS) is 50.8. The number of aliphatic hydroxyl groups excluding tert-OH is 2. The fraction of sp³-hybridized carbons (Fsp3) is 0.857. The van der Waals surface area contributed by atoms with Gasteiger partial charge >= 0.3 is 5.97 Å². The molecule has 146 valence electrons. The molecule has 4 unspecified atom stereocenters. The highest BCUT2D eigenvalue weighted by molar-refractivity contribution is 5.66. The van der Waals surface area contributed by atoms with Gasteiger partial charge in [-0.1, -0.05) is 25.5 Å². The van der Waals surface area contributed by atoms with Crippen LogP contribution in [0.3, 0.4) is 0 Å². The second kappa shape index (κ2) is 6.32. The Hall–Kier alpha value is -0.910. The molecule has 0 aromatic heterocycles. The molecule has 8 atom stereocenters. The lowest BCUT2D eigenvalue weighted by Crippen LogP contribution is -2.54. The van der Waals surface area contributed by atoms with Crippen LogP contribution in [0.15, 0.2) is 11.6 Å². The Bertz CT molecular complexity index is 616. The van der Waals surface area contributed by atoms with Crippen molar-refractivity contribution in [1.29, 1.82) is 0 Å². The largest absolute Gasteiger partial charge is 0.481 e. The van der Waals surface area contributed by atoms with Crippen LogP contribution in [0.1, 0.15) is 58.8 Å². The zero-order valence-electron chi connectivity index (χ0n) is 15.9. The molecule has 3 saturated carbocycles. The smallest absolute Gasteiger partial charge is 0.303 e. The second-order valence-electron chi connectivity index (χ2n) is 9.36. The van der Waals surface area contributed by atoms with Crippen molar-refractivity contribution in [1.82, 2.24) is 0 Å². The Kier molecular flexibility index (Phi) is 4.48. The van der Waals surface area contributed by atoms with Crippen LogP contribution in [0.5, 0.6) is 0 Å². The Morgan fingerprint density at radius 1 is 1.27 bits per heavy atom. The number of aliphatic carboxylic acids is 1. The molecule has 1 heterocycles. The van der Waals surface area contributed by atoms with Crippen molar-refractivity contribution in [3.05, 3.63) is 11.6 Å². The Balaban J connectivity index is 0.000000301. The zero-order chi connectivity index (χ0) is 18.7. The summed E-state index contributed by atoms with van der Waals surface area (Å²) < 4.78 is 5.61. The van der Waals surface area contributed by atoms with E-state index in [0.29, 0.717) is 30.3 Å². The van der Waals surface area contributed by atoms with Crippen LogP contribution >= 0.6 is 0 Å². The van der Waals surface area contributed by atoms with Crippen LogP contribution in [0, 0.1) is 34.5 Å². The van der Waals surface area contributed by atoms with E-state index in [4.69, 9.17) is 9.84 Å². The molecule has 5 nitrogen and oxygen atoms in total. The molecule has 5 rings (SSSR count). The van der Waals surface area contributed by atoms with Crippen LogP contribution in [0.2, 0.25) is 0 Å². The molecule has 26 heavy (non-hydrogen) atoms. The average Bonchev–Trinajstić information content (AvgIpc) is 3.18. The molecule has 5 heteroatoms. The molecule has 0 aromatic rings. The van der Waals surface area contributed by atoms with Gasteiger partial charge in [0.1, 0.15) is 0 Å². The van der Waals surface area contributed by atoms with Gasteiger partial charge < -0.3 is 20.1 Å². The van der Waals surface area contributed by atoms with Crippen molar-refractivity contribution >= 4 is 5.97 Å². The maximum atomic E-state index is 10.8. The first-order valence-electron chi connectivity index (χ1n) is 10.2. The van der Waals surface area contributed by atoms with Crippen molar-refractivity contribution in [3.8, 4) is 0 Å². The zero-order valence-corrected chi connectivity index (χ0v) is 15.9. The van der Waals surface area contributed by atoms with Crippen LogP contribution in [-0.2, 0) is 9.53 Å². The summed E-state index contributed by atoms with van der Waals surface area (Å²) in [6.07, 6.45) is 8.65. The van der Waals surface area contributed by atoms with Crippen LogP contribution in [0.25, 0.3) is 0 Å². The van der Waals surface area contributed by atoms with E-state index in [1.54, 1.807) is 6.92 Å². The molecule has 1 saturated heterocycles. The topological polar surface area (TPSA) is 87.0 Å². The van der Waals surface area contributed by atoms with Crippen LogP contribution < -0.4 is 0 Å². The number of hydrogen-bond donors (Lipinski definition) is 3. The monoisotopic (exact) mass is 364 g/mol. The van der Waals surface area contributed by atoms with E-state index in [-0.39, 0.29) is 17.9 Å². The third-order valence-electron chi connectivity index (χ3n) is 8.28. The summed E-state index contributed by atoms with van der Waals surface area (Å²) in [5.74, 6) is 1.93. The number of carbonyl (C=O) groups is 1. The summed E-state index contributed by atoms with van der Waals surface area (Å²) in [4.78, 5) is 9.37. The van der Waals surface area contributed by atoms with E-state index in [2.05, 4.69) is 13.0 Å². The maximum absolute atomic E-state index is 10.8.